The molecule has 1 amide bonds. The van der Waals surface area contributed by atoms with Crippen molar-refractivity contribution in [2.45, 2.75) is 19.9 Å². The van der Waals surface area contributed by atoms with Crippen LogP contribution in [0.2, 0.25) is 0 Å². The van der Waals surface area contributed by atoms with Crippen molar-refractivity contribution in [1.82, 2.24) is 9.78 Å². The Kier molecular flexibility index (Phi) is 6.32. The van der Waals surface area contributed by atoms with Crippen LogP contribution in [0.5, 0.6) is 5.75 Å². The maximum atomic E-state index is 12.3. The van der Waals surface area contributed by atoms with E-state index >= 15 is 0 Å². The molecule has 28 heavy (non-hydrogen) atoms. The van der Waals surface area contributed by atoms with Gasteiger partial charge in [0, 0.05) is 31.5 Å². The summed E-state index contributed by atoms with van der Waals surface area (Å²) in [5.74, 6) is 1.30. The summed E-state index contributed by atoms with van der Waals surface area (Å²) >= 11 is 0. The predicted molar refractivity (Wildman–Crippen MR) is 112 cm³/mol. The van der Waals surface area contributed by atoms with Crippen LogP contribution in [-0.4, -0.2) is 36.4 Å². The second-order valence-corrected chi connectivity index (χ2v) is 6.65. The summed E-state index contributed by atoms with van der Waals surface area (Å²) in [5.41, 5.74) is 3.23. The van der Waals surface area contributed by atoms with Gasteiger partial charge in [-0.05, 0) is 42.3 Å². The van der Waals surface area contributed by atoms with Crippen LogP contribution in [-0.2, 0) is 17.8 Å². The van der Waals surface area contributed by atoms with Gasteiger partial charge in [-0.25, -0.2) is 0 Å². The molecule has 0 aliphatic carbocycles. The highest BCUT2D eigenvalue weighted by Crippen LogP contribution is 2.15. The van der Waals surface area contributed by atoms with E-state index in [4.69, 9.17) is 4.74 Å². The van der Waals surface area contributed by atoms with Crippen LogP contribution in [0.25, 0.3) is 0 Å². The molecular weight excluding hydrogens is 352 g/mol. The van der Waals surface area contributed by atoms with Gasteiger partial charge in [-0.1, -0.05) is 24.3 Å². The van der Waals surface area contributed by atoms with Crippen LogP contribution in [0, 0.1) is 0 Å². The van der Waals surface area contributed by atoms with Crippen molar-refractivity contribution in [3.05, 3.63) is 71.9 Å². The smallest absolute Gasteiger partial charge is 0.229 e. The molecule has 146 valence electrons. The first-order valence-corrected chi connectivity index (χ1v) is 9.33. The molecule has 0 bridgehead atoms. The molecule has 0 aliphatic heterocycles. The number of nitrogens with one attached hydrogen (secondary N) is 1. The molecular formula is C22H26N4O2. The van der Waals surface area contributed by atoms with E-state index < -0.39 is 0 Å². The van der Waals surface area contributed by atoms with E-state index in [1.807, 2.05) is 61.8 Å². The number of hydrogen-bond donors (Lipinski definition) is 1. The number of ether oxygens (including phenoxy) is 1. The van der Waals surface area contributed by atoms with Crippen molar-refractivity contribution in [3.8, 4) is 5.75 Å². The molecule has 6 heteroatoms. The lowest BCUT2D eigenvalue weighted by molar-refractivity contribution is -0.115. The van der Waals surface area contributed by atoms with Gasteiger partial charge in [-0.2, -0.15) is 5.10 Å². The number of carbonyl (C=O) groups excluding carboxylic acids is 1. The molecule has 1 aromatic heterocycles. The fourth-order valence-corrected chi connectivity index (χ4v) is 2.86. The van der Waals surface area contributed by atoms with Gasteiger partial charge in [0.15, 0.2) is 5.82 Å². The Labute approximate surface area is 165 Å². The van der Waals surface area contributed by atoms with Crippen LogP contribution in [0.1, 0.15) is 18.1 Å². The number of anilines is 2. The zero-order valence-corrected chi connectivity index (χ0v) is 16.6. The van der Waals surface area contributed by atoms with Gasteiger partial charge in [0.05, 0.1) is 20.1 Å². The Morgan fingerprint density at radius 2 is 1.75 bits per heavy atom. The minimum absolute atomic E-state index is 0.0775. The van der Waals surface area contributed by atoms with Crippen molar-refractivity contribution in [1.29, 1.82) is 0 Å². The molecule has 0 saturated heterocycles. The molecule has 2 aromatic carbocycles. The number of benzene rings is 2. The van der Waals surface area contributed by atoms with Crippen molar-refractivity contribution in [2.75, 3.05) is 30.9 Å². The van der Waals surface area contributed by atoms with E-state index in [1.54, 1.807) is 17.9 Å². The normalized spacial score (nSPS) is 10.5. The van der Waals surface area contributed by atoms with E-state index in [-0.39, 0.29) is 5.91 Å². The van der Waals surface area contributed by atoms with Crippen molar-refractivity contribution >= 4 is 17.4 Å². The number of nitrogens with zero attached hydrogens (tertiary/aromatic N) is 3. The van der Waals surface area contributed by atoms with Gasteiger partial charge in [0.1, 0.15) is 5.75 Å². The Balaban J connectivity index is 1.54. The standard InChI is InChI=1S/C22H26N4O2/c1-4-25(2)19-9-5-17(6-10-19)15-22(27)23-21-13-14-26(24-21)16-18-7-11-20(28-3)12-8-18/h5-14H,4,15-16H2,1-3H3,(H,23,24,27). The summed E-state index contributed by atoms with van der Waals surface area (Å²) in [7, 11) is 3.69. The molecule has 0 unspecified atom stereocenters. The molecule has 3 aromatic rings. The topological polar surface area (TPSA) is 59.4 Å². The van der Waals surface area contributed by atoms with Gasteiger partial charge >= 0.3 is 0 Å². The first kappa shape index (κ1) is 19.5. The van der Waals surface area contributed by atoms with E-state index in [0.29, 0.717) is 18.8 Å². The Morgan fingerprint density at radius 1 is 1.07 bits per heavy atom. The van der Waals surface area contributed by atoms with Crippen molar-refractivity contribution < 1.29 is 9.53 Å². The number of methoxy groups -OCH3 is 1. The zero-order valence-electron chi connectivity index (χ0n) is 16.6. The largest absolute Gasteiger partial charge is 0.497 e. The lowest BCUT2D eigenvalue weighted by Gasteiger charge is -2.16. The molecule has 0 spiro atoms. The van der Waals surface area contributed by atoms with Crippen LogP contribution < -0.4 is 15.0 Å². The van der Waals surface area contributed by atoms with Gasteiger partial charge in [0.25, 0.3) is 0 Å². The van der Waals surface area contributed by atoms with E-state index in [2.05, 4.69) is 22.2 Å². The molecule has 0 aliphatic rings. The third kappa shape index (κ3) is 5.13. The van der Waals surface area contributed by atoms with E-state index in [1.165, 1.54) is 0 Å². The maximum Gasteiger partial charge on any atom is 0.229 e. The summed E-state index contributed by atoms with van der Waals surface area (Å²) in [6, 6.07) is 17.7. The Morgan fingerprint density at radius 3 is 2.39 bits per heavy atom. The van der Waals surface area contributed by atoms with Crippen LogP contribution in [0.15, 0.2) is 60.8 Å². The summed E-state index contributed by atoms with van der Waals surface area (Å²) in [5, 5.41) is 7.29. The monoisotopic (exact) mass is 378 g/mol. The molecule has 1 heterocycles. The summed E-state index contributed by atoms with van der Waals surface area (Å²) in [6.45, 7) is 3.68. The fourth-order valence-electron chi connectivity index (χ4n) is 2.86. The zero-order chi connectivity index (χ0) is 19.9. The third-order valence-electron chi connectivity index (χ3n) is 4.63. The van der Waals surface area contributed by atoms with Crippen LogP contribution >= 0.6 is 0 Å². The molecule has 6 nitrogen and oxygen atoms in total. The number of carbonyl (C=O) groups is 1. The van der Waals surface area contributed by atoms with Crippen molar-refractivity contribution in [3.63, 3.8) is 0 Å². The summed E-state index contributed by atoms with van der Waals surface area (Å²) in [4.78, 5) is 14.5. The molecule has 0 fully saturated rings. The quantitative estimate of drug-likeness (QED) is 0.651. The fraction of sp³-hybridized carbons (Fsp3) is 0.273. The molecule has 1 N–H and O–H groups in total. The lowest BCUT2D eigenvalue weighted by atomic mass is 10.1. The van der Waals surface area contributed by atoms with E-state index in [0.717, 1.165) is 29.1 Å². The van der Waals surface area contributed by atoms with Gasteiger partial charge in [-0.15, -0.1) is 0 Å². The highest BCUT2D eigenvalue weighted by atomic mass is 16.5. The van der Waals surface area contributed by atoms with Crippen LogP contribution in [0.3, 0.4) is 0 Å². The highest BCUT2D eigenvalue weighted by Gasteiger charge is 2.08. The first-order valence-electron chi connectivity index (χ1n) is 9.33. The highest BCUT2D eigenvalue weighted by molar-refractivity contribution is 5.91. The summed E-state index contributed by atoms with van der Waals surface area (Å²) < 4.78 is 6.97. The van der Waals surface area contributed by atoms with Crippen LogP contribution in [0.4, 0.5) is 11.5 Å². The number of amides is 1. The predicted octanol–water partition coefficient (Wildman–Crippen LogP) is 3.58. The Hall–Kier alpha value is -3.28. The number of rotatable bonds is 8. The lowest BCUT2D eigenvalue weighted by Crippen LogP contribution is -2.17. The maximum absolute atomic E-state index is 12.3. The van der Waals surface area contributed by atoms with Crippen molar-refractivity contribution in [2.24, 2.45) is 0 Å². The minimum atomic E-state index is -0.0775. The second-order valence-electron chi connectivity index (χ2n) is 6.65. The van der Waals surface area contributed by atoms with Gasteiger partial charge in [0.2, 0.25) is 5.91 Å². The molecule has 0 saturated carbocycles. The number of hydrogen-bond acceptors (Lipinski definition) is 4. The van der Waals surface area contributed by atoms with Gasteiger partial charge < -0.3 is 15.0 Å². The molecule has 3 rings (SSSR count). The SMILES string of the molecule is CCN(C)c1ccc(CC(=O)Nc2ccn(Cc3ccc(OC)cc3)n2)cc1. The summed E-state index contributed by atoms with van der Waals surface area (Å²) in [6.07, 6.45) is 2.18. The second kappa shape index (κ2) is 9.08. The molecule has 0 atom stereocenters. The average molecular weight is 378 g/mol. The first-order chi connectivity index (χ1) is 13.6. The average Bonchev–Trinajstić information content (AvgIpc) is 3.15. The minimum Gasteiger partial charge on any atom is -0.497 e. The number of aromatic nitrogens is 2. The van der Waals surface area contributed by atoms with Gasteiger partial charge in [-0.3, -0.25) is 9.48 Å². The van der Waals surface area contributed by atoms with E-state index in [9.17, 15) is 4.79 Å². The molecule has 0 radical (unpaired) electrons. The third-order valence-corrected chi connectivity index (χ3v) is 4.63. The Bertz CT molecular complexity index is 901.